The highest BCUT2D eigenvalue weighted by atomic mass is 16.5. The number of ether oxygens (including phenoxy) is 1. The molecule has 0 bridgehead atoms. The number of carbonyl (C=O) groups excluding carboxylic acids is 1. The number of hydrogen-bond donors (Lipinski definition) is 2. The minimum atomic E-state index is -0.353. The Morgan fingerprint density at radius 2 is 2.00 bits per heavy atom. The second-order valence-corrected chi connectivity index (χ2v) is 7.18. The average Bonchev–Trinajstić information content (AvgIpc) is 2.88. The van der Waals surface area contributed by atoms with Gasteiger partial charge in [0.05, 0.1) is 6.61 Å². The van der Waals surface area contributed by atoms with Gasteiger partial charge < -0.3 is 15.4 Å². The Morgan fingerprint density at radius 1 is 1.32 bits per heavy atom. The number of morpholine rings is 1. The van der Waals surface area contributed by atoms with Crippen molar-refractivity contribution in [2.75, 3.05) is 19.7 Å². The summed E-state index contributed by atoms with van der Waals surface area (Å²) in [5, 5.41) is 6.38. The standard InChI is InChI=1S/C18H26N2O2/c1-18(2,20-17(21)16-12-19-7-8-22-16)11-13-9-14-5-3-4-6-15(14)10-13/h3-6,13,16,19H,7-12H2,1-2H3,(H,20,21)/t16-/m0/s1. The number of carbonyl (C=O) groups is 1. The fourth-order valence-corrected chi connectivity index (χ4v) is 3.71. The molecule has 2 N–H and O–H groups in total. The van der Waals surface area contributed by atoms with Gasteiger partial charge in [-0.05, 0) is 50.2 Å². The lowest BCUT2D eigenvalue weighted by atomic mass is 9.88. The molecule has 0 aromatic heterocycles. The van der Waals surface area contributed by atoms with Gasteiger partial charge in [0.2, 0.25) is 0 Å². The van der Waals surface area contributed by atoms with E-state index < -0.39 is 0 Å². The van der Waals surface area contributed by atoms with Gasteiger partial charge in [0.15, 0.2) is 0 Å². The zero-order valence-corrected chi connectivity index (χ0v) is 13.5. The molecule has 1 fully saturated rings. The molecule has 120 valence electrons. The van der Waals surface area contributed by atoms with Crippen LogP contribution in [0.1, 0.15) is 31.4 Å². The molecule has 0 unspecified atom stereocenters. The van der Waals surface area contributed by atoms with Gasteiger partial charge in [0, 0.05) is 18.6 Å². The molecule has 0 spiro atoms. The van der Waals surface area contributed by atoms with E-state index in [-0.39, 0.29) is 17.6 Å². The molecular weight excluding hydrogens is 276 g/mol. The normalized spacial score (nSPS) is 22.4. The predicted molar refractivity (Wildman–Crippen MR) is 86.8 cm³/mol. The minimum Gasteiger partial charge on any atom is -0.366 e. The molecular formula is C18H26N2O2. The first kappa shape index (κ1) is 15.5. The van der Waals surface area contributed by atoms with E-state index in [1.807, 2.05) is 0 Å². The third-order valence-electron chi connectivity index (χ3n) is 4.62. The van der Waals surface area contributed by atoms with Crippen molar-refractivity contribution in [1.82, 2.24) is 10.6 Å². The maximum Gasteiger partial charge on any atom is 0.250 e. The molecule has 1 aromatic rings. The van der Waals surface area contributed by atoms with Crippen LogP contribution in [0.5, 0.6) is 0 Å². The van der Waals surface area contributed by atoms with Gasteiger partial charge in [0.25, 0.3) is 5.91 Å². The molecule has 0 radical (unpaired) electrons. The number of fused-ring (bicyclic) bond motifs is 1. The van der Waals surface area contributed by atoms with Crippen LogP contribution in [0, 0.1) is 5.92 Å². The summed E-state index contributed by atoms with van der Waals surface area (Å²) in [6.45, 7) is 6.27. The van der Waals surface area contributed by atoms with Crippen molar-refractivity contribution >= 4 is 5.91 Å². The molecule has 1 aromatic carbocycles. The highest BCUT2D eigenvalue weighted by molar-refractivity contribution is 5.81. The third kappa shape index (κ3) is 3.68. The Labute approximate surface area is 132 Å². The van der Waals surface area contributed by atoms with E-state index in [2.05, 4.69) is 48.7 Å². The van der Waals surface area contributed by atoms with E-state index in [0.29, 0.717) is 19.1 Å². The molecule has 3 rings (SSSR count). The molecule has 4 heteroatoms. The lowest BCUT2D eigenvalue weighted by Gasteiger charge is -2.32. The minimum absolute atomic E-state index is 0.00714. The van der Waals surface area contributed by atoms with Gasteiger partial charge in [-0.2, -0.15) is 0 Å². The highest BCUT2D eigenvalue weighted by Crippen LogP contribution is 2.31. The maximum atomic E-state index is 12.3. The Hall–Kier alpha value is -1.39. The van der Waals surface area contributed by atoms with Crippen LogP contribution < -0.4 is 10.6 Å². The first-order valence-electron chi connectivity index (χ1n) is 8.25. The van der Waals surface area contributed by atoms with Crippen molar-refractivity contribution in [2.45, 2.75) is 44.8 Å². The number of benzene rings is 1. The van der Waals surface area contributed by atoms with E-state index in [1.54, 1.807) is 0 Å². The quantitative estimate of drug-likeness (QED) is 0.889. The van der Waals surface area contributed by atoms with Crippen molar-refractivity contribution in [2.24, 2.45) is 5.92 Å². The van der Waals surface area contributed by atoms with Crippen LogP contribution in [0.4, 0.5) is 0 Å². The molecule has 1 heterocycles. The fraction of sp³-hybridized carbons (Fsp3) is 0.611. The summed E-state index contributed by atoms with van der Waals surface area (Å²) < 4.78 is 5.53. The lowest BCUT2D eigenvalue weighted by Crippen LogP contribution is -2.54. The largest absolute Gasteiger partial charge is 0.366 e. The van der Waals surface area contributed by atoms with E-state index in [0.717, 1.165) is 25.8 Å². The van der Waals surface area contributed by atoms with E-state index in [4.69, 9.17) is 4.74 Å². The molecule has 4 nitrogen and oxygen atoms in total. The van der Waals surface area contributed by atoms with Crippen LogP contribution in [0.25, 0.3) is 0 Å². The Balaban J connectivity index is 1.54. The smallest absolute Gasteiger partial charge is 0.250 e. The summed E-state index contributed by atoms with van der Waals surface area (Å²) in [7, 11) is 0. The summed E-state index contributed by atoms with van der Waals surface area (Å²) in [5.41, 5.74) is 2.73. The predicted octanol–water partition coefficient (Wildman–Crippen LogP) is 1.67. The van der Waals surface area contributed by atoms with E-state index in [1.165, 1.54) is 11.1 Å². The lowest BCUT2D eigenvalue weighted by molar-refractivity contribution is -0.136. The van der Waals surface area contributed by atoms with Gasteiger partial charge in [-0.3, -0.25) is 4.79 Å². The highest BCUT2D eigenvalue weighted by Gasteiger charge is 2.31. The first-order valence-corrected chi connectivity index (χ1v) is 8.25. The van der Waals surface area contributed by atoms with Crippen LogP contribution in [0.2, 0.25) is 0 Å². The summed E-state index contributed by atoms with van der Waals surface area (Å²) >= 11 is 0. The fourth-order valence-electron chi connectivity index (χ4n) is 3.71. The van der Waals surface area contributed by atoms with Gasteiger partial charge in [-0.25, -0.2) is 0 Å². The summed E-state index contributed by atoms with van der Waals surface area (Å²) in [6, 6.07) is 8.67. The first-order chi connectivity index (χ1) is 10.5. The Kier molecular flexibility index (Phi) is 4.50. The molecule has 1 aliphatic carbocycles. The molecule has 1 atom stereocenters. The van der Waals surface area contributed by atoms with Crippen LogP contribution in [0.15, 0.2) is 24.3 Å². The number of nitrogens with one attached hydrogen (secondary N) is 2. The molecule has 22 heavy (non-hydrogen) atoms. The maximum absolute atomic E-state index is 12.3. The number of hydrogen-bond acceptors (Lipinski definition) is 3. The van der Waals surface area contributed by atoms with Gasteiger partial charge in [0.1, 0.15) is 6.10 Å². The SMILES string of the molecule is CC(C)(CC1Cc2ccccc2C1)NC(=O)[C@@H]1CNCCO1. The molecule has 1 aliphatic heterocycles. The van der Waals surface area contributed by atoms with Gasteiger partial charge in [-0.1, -0.05) is 24.3 Å². The van der Waals surface area contributed by atoms with Crippen molar-refractivity contribution in [3.63, 3.8) is 0 Å². The summed E-state index contributed by atoms with van der Waals surface area (Å²) in [5.74, 6) is 0.616. The number of amides is 1. The van der Waals surface area contributed by atoms with Crippen molar-refractivity contribution < 1.29 is 9.53 Å². The van der Waals surface area contributed by atoms with Gasteiger partial charge in [-0.15, -0.1) is 0 Å². The average molecular weight is 302 g/mol. The van der Waals surface area contributed by atoms with Crippen molar-refractivity contribution in [3.05, 3.63) is 35.4 Å². The van der Waals surface area contributed by atoms with E-state index in [9.17, 15) is 4.79 Å². The Bertz CT molecular complexity index is 511. The second kappa shape index (κ2) is 6.39. The summed E-state index contributed by atoms with van der Waals surface area (Å²) in [6.07, 6.45) is 2.88. The van der Waals surface area contributed by atoms with Crippen LogP contribution >= 0.6 is 0 Å². The van der Waals surface area contributed by atoms with Crippen LogP contribution in [-0.4, -0.2) is 37.2 Å². The molecule has 1 amide bonds. The molecule has 1 saturated heterocycles. The van der Waals surface area contributed by atoms with Crippen LogP contribution in [-0.2, 0) is 22.4 Å². The van der Waals surface area contributed by atoms with Crippen molar-refractivity contribution in [1.29, 1.82) is 0 Å². The van der Waals surface area contributed by atoms with Crippen molar-refractivity contribution in [3.8, 4) is 0 Å². The number of rotatable bonds is 4. The summed E-state index contributed by atoms with van der Waals surface area (Å²) in [4.78, 5) is 12.3. The molecule has 0 saturated carbocycles. The Morgan fingerprint density at radius 3 is 2.59 bits per heavy atom. The topological polar surface area (TPSA) is 50.4 Å². The van der Waals surface area contributed by atoms with Gasteiger partial charge >= 0.3 is 0 Å². The van der Waals surface area contributed by atoms with Crippen LogP contribution in [0.3, 0.4) is 0 Å². The zero-order chi connectivity index (χ0) is 15.6. The zero-order valence-electron chi connectivity index (χ0n) is 13.5. The monoisotopic (exact) mass is 302 g/mol. The molecule has 2 aliphatic rings. The second-order valence-electron chi connectivity index (χ2n) is 7.18. The third-order valence-corrected chi connectivity index (χ3v) is 4.62. The van der Waals surface area contributed by atoms with E-state index >= 15 is 0 Å².